The predicted molar refractivity (Wildman–Crippen MR) is 62.0 cm³/mol. The van der Waals surface area contributed by atoms with Crippen LogP contribution in [0, 0.1) is 0 Å². The molecule has 0 saturated carbocycles. The second-order valence-corrected chi connectivity index (χ2v) is 5.97. The molecule has 1 aromatic carbocycles. The van der Waals surface area contributed by atoms with Crippen LogP contribution in [0.4, 0.5) is 13.2 Å². The molecule has 18 heavy (non-hydrogen) atoms. The number of hydrogen-bond donors (Lipinski definition) is 1. The molecule has 7 heteroatoms. The molecule has 0 aliphatic heterocycles. The molecule has 0 bridgehead atoms. The fourth-order valence-electron chi connectivity index (χ4n) is 1.47. The summed E-state index contributed by atoms with van der Waals surface area (Å²) in [6.45, 7) is 1.59. The van der Waals surface area contributed by atoms with Gasteiger partial charge < -0.3 is 5.32 Å². The number of benzene rings is 1. The van der Waals surface area contributed by atoms with Crippen LogP contribution in [0.5, 0.6) is 0 Å². The van der Waals surface area contributed by atoms with Crippen molar-refractivity contribution >= 4 is 9.84 Å². The van der Waals surface area contributed by atoms with E-state index in [4.69, 9.17) is 0 Å². The van der Waals surface area contributed by atoms with E-state index in [0.717, 1.165) is 12.1 Å². The number of rotatable bonds is 4. The van der Waals surface area contributed by atoms with Crippen molar-refractivity contribution in [3.63, 3.8) is 0 Å². The van der Waals surface area contributed by atoms with Crippen molar-refractivity contribution in [3.8, 4) is 0 Å². The van der Waals surface area contributed by atoms with Crippen LogP contribution < -0.4 is 5.32 Å². The highest BCUT2D eigenvalue weighted by atomic mass is 32.2. The molecule has 0 spiro atoms. The Bertz CT molecular complexity index is 511. The van der Waals surface area contributed by atoms with Crippen LogP contribution in [-0.2, 0) is 16.0 Å². The Labute approximate surface area is 104 Å². The van der Waals surface area contributed by atoms with Crippen LogP contribution in [0.2, 0.25) is 0 Å². The Hall–Kier alpha value is -1.08. The molecule has 0 aliphatic rings. The average Bonchev–Trinajstić information content (AvgIpc) is 2.27. The van der Waals surface area contributed by atoms with Gasteiger partial charge in [-0.15, -0.1) is 0 Å². The molecule has 0 saturated heterocycles. The number of sulfone groups is 1. The standard InChI is InChI=1S/C11H14F3NO2S/c1-8(15-2)7-18(16,17)10-6-4-3-5-9(10)11(12,13)14/h3-6,8,15H,7H2,1-2H3. The lowest BCUT2D eigenvalue weighted by atomic mass is 10.2. The lowest BCUT2D eigenvalue weighted by molar-refractivity contribution is -0.139. The van der Waals surface area contributed by atoms with Crippen LogP contribution in [0.15, 0.2) is 29.2 Å². The second kappa shape index (κ2) is 5.27. The first-order valence-corrected chi connectivity index (χ1v) is 6.90. The monoisotopic (exact) mass is 281 g/mol. The predicted octanol–water partition coefficient (Wildman–Crippen LogP) is 2.09. The minimum atomic E-state index is -4.67. The largest absolute Gasteiger partial charge is 0.417 e. The first-order valence-electron chi connectivity index (χ1n) is 5.24. The van der Waals surface area contributed by atoms with Gasteiger partial charge in [0.25, 0.3) is 0 Å². The van der Waals surface area contributed by atoms with Gasteiger partial charge in [-0.05, 0) is 26.1 Å². The summed E-state index contributed by atoms with van der Waals surface area (Å²) in [5.74, 6) is -0.378. The molecule has 0 aromatic heterocycles. The third-order valence-corrected chi connectivity index (χ3v) is 4.45. The molecule has 0 fully saturated rings. The number of alkyl halides is 3. The van der Waals surface area contributed by atoms with Gasteiger partial charge in [-0.1, -0.05) is 12.1 Å². The molecule has 3 nitrogen and oxygen atoms in total. The van der Waals surface area contributed by atoms with Crippen molar-refractivity contribution in [1.29, 1.82) is 0 Å². The van der Waals surface area contributed by atoms with Crippen molar-refractivity contribution in [2.75, 3.05) is 12.8 Å². The third-order valence-electron chi connectivity index (χ3n) is 2.49. The van der Waals surface area contributed by atoms with Gasteiger partial charge >= 0.3 is 6.18 Å². The van der Waals surface area contributed by atoms with Crippen molar-refractivity contribution in [2.24, 2.45) is 0 Å². The van der Waals surface area contributed by atoms with E-state index in [9.17, 15) is 21.6 Å². The van der Waals surface area contributed by atoms with Crippen LogP contribution >= 0.6 is 0 Å². The molecule has 1 rings (SSSR count). The summed E-state index contributed by atoms with van der Waals surface area (Å²) in [4.78, 5) is -0.667. The molecule has 1 aromatic rings. The van der Waals surface area contributed by atoms with E-state index in [1.54, 1.807) is 14.0 Å². The summed E-state index contributed by atoms with van der Waals surface area (Å²) < 4.78 is 62.0. The van der Waals surface area contributed by atoms with Crippen LogP contribution in [0.1, 0.15) is 12.5 Å². The van der Waals surface area contributed by atoms with Crippen molar-refractivity contribution in [2.45, 2.75) is 24.0 Å². The lowest BCUT2D eigenvalue weighted by Crippen LogP contribution is -2.30. The molecule has 1 N–H and O–H groups in total. The van der Waals surface area contributed by atoms with Gasteiger partial charge in [0.15, 0.2) is 9.84 Å². The average molecular weight is 281 g/mol. The maximum absolute atomic E-state index is 12.7. The highest BCUT2D eigenvalue weighted by molar-refractivity contribution is 7.91. The van der Waals surface area contributed by atoms with Gasteiger partial charge in [-0.3, -0.25) is 0 Å². The zero-order chi connectivity index (χ0) is 14.0. The molecule has 1 unspecified atom stereocenters. The molecule has 0 radical (unpaired) electrons. The van der Waals surface area contributed by atoms with Crippen LogP contribution in [0.3, 0.4) is 0 Å². The molecule has 0 aliphatic carbocycles. The van der Waals surface area contributed by atoms with E-state index < -0.39 is 32.5 Å². The number of hydrogen-bond acceptors (Lipinski definition) is 3. The normalized spacial score (nSPS) is 14.5. The maximum Gasteiger partial charge on any atom is 0.417 e. The van der Waals surface area contributed by atoms with Gasteiger partial charge in [0, 0.05) is 6.04 Å². The van der Waals surface area contributed by atoms with Crippen molar-refractivity contribution in [1.82, 2.24) is 5.32 Å². The quantitative estimate of drug-likeness (QED) is 0.919. The van der Waals surface area contributed by atoms with Gasteiger partial charge in [-0.2, -0.15) is 13.2 Å². The summed E-state index contributed by atoms with van der Waals surface area (Å²) in [6.07, 6.45) is -4.67. The first kappa shape index (κ1) is 15.0. The van der Waals surface area contributed by atoms with Gasteiger partial charge in [0.2, 0.25) is 0 Å². The van der Waals surface area contributed by atoms with Gasteiger partial charge in [0.05, 0.1) is 16.2 Å². The van der Waals surface area contributed by atoms with E-state index in [1.807, 2.05) is 0 Å². The Morgan fingerprint density at radius 1 is 1.28 bits per heavy atom. The third kappa shape index (κ3) is 3.46. The van der Waals surface area contributed by atoms with Crippen LogP contribution in [-0.4, -0.2) is 27.3 Å². The van der Waals surface area contributed by atoms with E-state index in [0.29, 0.717) is 0 Å². The second-order valence-electron chi connectivity index (χ2n) is 3.97. The summed E-state index contributed by atoms with van der Waals surface area (Å²) in [5.41, 5.74) is -1.12. The lowest BCUT2D eigenvalue weighted by Gasteiger charge is -2.15. The minimum absolute atomic E-state index is 0.378. The first-order chi connectivity index (χ1) is 8.18. The highest BCUT2D eigenvalue weighted by Crippen LogP contribution is 2.34. The molecule has 0 amide bonds. The topological polar surface area (TPSA) is 46.2 Å². The zero-order valence-corrected chi connectivity index (χ0v) is 10.8. The fourth-order valence-corrected chi connectivity index (χ4v) is 3.28. The van der Waals surface area contributed by atoms with E-state index in [-0.39, 0.29) is 5.75 Å². The van der Waals surface area contributed by atoms with E-state index in [1.165, 1.54) is 12.1 Å². The van der Waals surface area contributed by atoms with Gasteiger partial charge in [0.1, 0.15) is 0 Å². The summed E-state index contributed by atoms with van der Waals surface area (Å²) >= 11 is 0. The van der Waals surface area contributed by atoms with Gasteiger partial charge in [-0.25, -0.2) is 8.42 Å². The number of halogens is 3. The van der Waals surface area contributed by atoms with E-state index >= 15 is 0 Å². The molecular weight excluding hydrogens is 267 g/mol. The molecular formula is C11H14F3NO2S. The highest BCUT2D eigenvalue weighted by Gasteiger charge is 2.36. The molecule has 0 heterocycles. The SMILES string of the molecule is CNC(C)CS(=O)(=O)c1ccccc1C(F)(F)F. The van der Waals surface area contributed by atoms with E-state index in [2.05, 4.69) is 5.32 Å². The Morgan fingerprint density at radius 2 is 1.83 bits per heavy atom. The fraction of sp³-hybridized carbons (Fsp3) is 0.455. The number of nitrogens with one attached hydrogen (secondary N) is 1. The minimum Gasteiger partial charge on any atom is -0.316 e. The molecule has 1 atom stereocenters. The maximum atomic E-state index is 12.7. The summed E-state index contributed by atoms with van der Waals surface area (Å²) in [6, 6.07) is 3.80. The smallest absolute Gasteiger partial charge is 0.316 e. The molecule has 102 valence electrons. The Morgan fingerprint density at radius 3 is 2.33 bits per heavy atom. The van der Waals surface area contributed by atoms with Crippen LogP contribution in [0.25, 0.3) is 0 Å². The Balaban J connectivity index is 3.25. The van der Waals surface area contributed by atoms with Crippen molar-refractivity contribution in [3.05, 3.63) is 29.8 Å². The summed E-state index contributed by atoms with van der Waals surface area (Å²) in [7, 11) is -2.42. The van der Waals surface area contributed by atoms with Crippen molar-refractivity contribution < 1.29 is 21.6 Å². The zero-order valence-electron chi connectivity index (χ0n) is 9.95. The summed E-state index contributed by atoms with van der Waals surface area (Å²) in [5, 5.41) is 2.69. The Kier molecular flexibility index (Phi) is 4.39.